The molecule has 2 aromatic carbocycles. The lowest BCUT2D eigenvalue weighted by atomic mass is 10.1. The molecule has 0 spiro atoms. The molecule has 0 saturated carbocycles. The van der Waals surface area contributed by atoms with Gasteiger partial charge in [0, 0.05) is 30.4 Å². The van der Waals surface area contributed by atoms with Crippen LogP contribution in [0.3, 0.4) is 0 Å². The first-order chi connectivity index (χ1) is 16.0. The Kier molecular flexibility index (Phi) is 8.19. The molecular formula is C27H33N5O. The fraction of sp³-hybridized carbons (Fsp3) is 0.296. The van der Waals surface area contributed by atoms with Gasteiger partial charge in [-0.05, 0) is 69.3 Å². The van der Waals surface area contributed by atoms with Crippen LogP contribution in [0.15, 0.2) is 67.4 Å². The third kappa shape index (κ3) is 5.77. The molecule has 0 fully saturated rings. The van der Waals surface area contributed by atoms with Crippen LogP contribution < -0.4 is 4.74 Å². The molecule has 0 aliphatic rings. The van der Waals surface area contributed by atoms with E-state index in [1.807, 2.05) is 61.3 Å². The van der Waals surface area contributed by atoms with Crippen molar-refractivity contribution >= 4 is 17.2 Å². The molecule has 4 aromatic rings. The van der Waals surface area contributed by atoms with E-state index in [0.29, 0.717) is 12.6 Å². The summed E-state index contributed by atoms with van der Waals surface area (Å²) in [6, 6.07) is 16.6. The molecule has 0 aliphatic heterocycles. The SMILES string of the molecule is C=CCc1cn(C)nc1-c1ccc(OCc2nc3ccccc3n2C(C)C)cc1.CCC=N. The molecule has 2 heterocycles. The highest BCUT2D eigenvalue weighted by Crippen LogP contribution is 2.26. The van der Waals surface area contributed by atoms with Crippen LogP contribution in [0.2, 0.25) is 0 Å². The molecule has 0 radical (unpaired) electrons. The van der Waals surface area contributed by atoms with Crippen LogP contribution in [0.4, 0.5) is 0 Å². The molecule has 0 atom stereocenters. The van der Waals surface area contributed by atoms with Gasteiger partial charge in [-0.2, -0.15) is 5.10 Å². The lowest BCUT2D eigenvalue weighted by molar-refractivity contribution is 0.287. The van der Waals surface area contributed by atoms with E-state index in [-0.39, 0.29) is 0 Å². The number of fused-ring (bicyclic) bond motifs is 1. The number of imidazole rings is 1. The number of benzene rings is 2. The van der Waals surface area contributed by atoms with Gasteiger partial charge in [0.25, 0.3) is 0 Å². The first-order valence-electron chi connectivity index (χ1n) is 11.3. The highest BCUT2D eigenvalue weighted by atomic mass is 16.5. The van der Waals surface area contributed by atoms with Gasteiger partial charge in [0.2, 0.25) is 0 Å². The standard InChI is InChI=1S/C24H26N4O.C3H7N/c1-5-8-19-15-27(4)26-24(19)18-11-13-20(14-12-18)29-16-23-25-21-9-6-7-10-22(21)28(23)17(2)3;1-2-3-4/h5-7,9-15,17H,1,8,16H2,2-4H3;3-4H,2H2,1H3. The molecule has 33 heavy (non-hydrogen) atoms. The third-order valence-electron chi connectivity index (χ3n) is 5.15. The average Bonchev–Trinajstić information content (AvgIpc) is 3.38. The van der Waals surface area contributed by atoms with Crippen molar-refractivity contribution in [3.8, 4) is 17.0 Å². The molecule has 6 nitrogen and oxygen atoms in total. The molecule has 0 bridgehead atoms. The van der Waals surface area contributed by atoms with Crippen molar-refractivity contribution in [3.63, 3.8) is 0 Å². The van der Waals surface area contributed by atoms with Gasteiger partial charge in [-0.25, -0.2) is 4.98 Å². The van der Waals surface area contributed by atoms with Crippen molar-refractivity contribution < 1.29 is 4.74 Å². The van der Waals surface area contributed by atoms with Gasteiger partial charge in [-0.3, -0.25) is 4.68 Å². The van der Waals surface area contributed by atoms with E-state index >= 15 is 0 Å². The molecule has 0 aliphatic carbocycles. The second kappa shape index (κ2) is 11.3. The Labute approximate surface area is 196 Å². The van der Waals surface area contributed by atoms with Crippen LogP contribution in [-0.2, 0) is 20.1 Å². The van der Waals surface area contributed by atoms with Crippen LogP contribution in [0.1, 0.15) is 44.6 Å². The lowest BCUT2D eigenvalue weighted by Gasteiger charge is -2.14. The van der Waals surface area contributed by atoms with E-state index in [1.165, 1.54) is 11.8 Å². The van der Waals surface area contributed by atoms with Crippen LogP contribution in [0, 0.1) is 5.41 Å². The predicted molar refractivity (Wildman–Crippen MR) is 136 cm³/mol. The Bertz CT molecular complexity index is 1200. The van der Waals surface area contributed by atoms with E-state index in [4.69, 9.17) is 15.1 Å². The average molecular weight is 444 g/mol. The summed E-state index contributed by atoms with van der Waals surface area (Å²) in [5.74, 6) is 1.75. The minimum Gasteiger partial charge on any atom is -0.486 e. The summed E-state index contributed by atoms with van der Waals surface area (Å²) in [5, 5.41) is 10.9. The van der Waals surface area contributed by atoms with Crippen molar-refractivity contribution in [2.75, 3.05) is 0 Å². The van der Waals surface area contributed by atoms with Crippen molar-refractivity contribution in [2.24, 2.45) is 7.05 Å². The zero-order valence-electron chi connectivity index (χ0n) is 20.0. The number of hydrogen-bond donors (Lipinski definition) is 1. The quantitative estimate of drug-likeness (QED) is 0.254. The number of rotatable bonds is 8. The molecule has 0 unspecified atom stereocenters. The number of nitrogens with one attached hydrogen (secondary N) is 1. The van der Waals surface area contributed by atoms with E-state index in [2.05, 4.69) is 48.3 Å². The molecule has 6 heteroatoms. The molecule has 172 valence electrons. The van der Waals surface area contributed by atoms with Crippen molar-refractivity contribution in [2.45, 2.75) is 46.3 Å². The zero-order valence-corrected chi connectivity index (χ0v) is 20.0. The summed E-state index contributed by atoms with van der Waals surface area (Å²) in [4.78, 5) is 4.76. The van der Waals surface area contributed by atoms with Gasteiger partial charge in [0.1, 0.15) is 18.2 Å². The Morgan fingerprint density at radius 3 is 2.45 bits per heavy atom. The monoisotopic (exact) mass is 443 g/mol. The number of allylic oxidation sites excluding steroid dienone is 1. The summed E-state index contributed by atoms with van der Waals surface area (Å²) in [6.07, 6.45) is 6.98. The first-order valence-corrected chi connectivity index (χ1v) is 11.3. The predicted octanol–water partition coefficient (Wildman–Crippen LogP) is 6.37. The topological polar surface area (TPSA) is 68.7 Å². The number of aryl methyl sites for hydroxylation is 1. The highest BCUT2D eigenvalue weighted by molar-refractivity contribution is 5.76. The Balaban J connectivity index is 0.000000709. The van der Waals surface area contributed by atoms with Gasteiger partial charge in [0.15, 0.2) is 0 Å². The summed E-state index contributed by atoms with van der Waals surface area (Å²) in [5.41, 5.74) is 5.37. The zero-order chi connectivity index (χ0) is 23.8. The van der Waals surface area contributed by atoms with E-state index < -0.39 is 0 Å². The molecule has 2 aromatic heterocycles. The van der Waals surface area contributed by atoms with E-state index in [1.54, 1.807) is 0 Å². The summed E-state index contributed by atoms with van der Waals surface area (Å²) in [6.45, 7) is 10.5. The number of ether oxygens (including phenoxy) is 1. The molecule has 4 rings (SSSR count). The van der Waals surface area contributed by atoms with Crippen LogP contribution >= 0.6 is 0 Å². The number of nitrogens with zero attached hydrogens (tertiary/aromatic N) is 4. The summed E-state index contributed by atoms with van der Waals surface area (Å²) < 4.78 is 10.1. The fourth-order valence-corrected chi connectivity index (χ4v) is 3.71. The second-order valence-electron chi connectivity index (χ2n) is 8.08. The van der Waals surface area contributed by atoms with E-state index in [0.717, 1.165) is 46.7 Å². The molecule has 1 N–H and O–H groups in total. The van der Waals surface area contributed by atoms with Crippen LogP contribution in [0.25, 0.3) is 22.3 Å². The number of hydrogen-bond acceptors (Lipinski definition) is 4. The van der Waals surface area contributed by atoms with Gasteiger partial charge < -0.3 is 14.7 Å². The normalized spacial score (nSPS) is 10.7. The molecule has 0 saturated heterocycles. The maximum Gasteiger partial charge on any atom is 0.148 e. The second-order valence-corrected chi connectivity index (χ2v) is 8.08. The Morgan fingerprint density at radius 1 is 1.12 bits per heavy atom. The first kappa shape index (κ1) is 24.0. The maximum atomic E-state index is 6.33. The minimum absolute atomic E-state index is 0.316. The number of aromatic nitrogens is 4. The summed E-state index contributed by atoms with van der Waals surface area (Å²) >= 11 is 0. The van der Waals surface area contributed by atoms with Crippen molar-refractivity contribution in [3.05, 3.63) is 78.8 Å². The fourth-order valence-electron chi connectivity index (χ4n) is 3.71. The Morgan fingerprint density at radius 2 is 1.82 bits per heavy atom. The third-order valence-corrected chi connectivity index (χ3v) is 5.15. The lowest BCUT2D eigenvalue weighted by Crippen LogP contribution is -2.09. The van der Waals surface area contributed by atoms with Gasteiger partial charge >= 0.3 is 0 Å². The van der Waals surface area contributed by atoms with Crippen molar-refractivity contribution in [1.82, 2.24) is 19.3 Å². The van der Waals surface area contributed by atoms with Crippen LogP contribution in [0.5, 0.6) is 5.75 Å². The molecule has 0 amide bonds. The minimum atomic E-state index is 0.316. The maximum absolute atomic E-state index is 6.33. The van der Waals surface area contributed by atoms with E-state index in [9.17, 15) is 0 Å². The smallest absolute Gasteiger partial charge is 0.148 e. The largest absolute Gasteiger partial charge is 0.486 e. The van der Waals surface area contributed by atoms with Gasteiger partial charge in [-0.15, -0.1) is 6.58 Å². The number of para-hydroxylation sites is 2. The summed E-state index contributed by atoms with van der Waals surface area (Å²) in [7, 11) is 1.94. The molecular weight excluding hydrogens is 410 g/mol. The van der Waals surface area contributed by atoms with Crippen LogP contribution in [-0.4, -0.2) is 25.5 Å². The van der Waals surface area contributed by atoms with Gasteiger partial charge in [0.05, 0.1) is 16.7 Å². The van der Waals surface area contributed by atoms with Gasteiger partial charge in [-0.1, -0.05) is 25.1 Å². The van der Waals surface area contributed by atoms with Crippen molar-refractivity contribution in [1.29, 1.82) is 5.41 Å². The highest BCUT2D eigenvalue weighted by Gasteiger charge is 2.14. The Hall–Kier alpha value is -3.67.